The summed E-state index contributed by atoms with van der Waals surface area (Å²) in [6.45, 7) is 1.97. The van der Waals surface area contributed by atoms with E-state index in [4.69, 9.17) is 24.5 Å². The molecule has 1 aliphatic carbocycles. The fourth-order valence-corrected chi connectivity index (χ4v) is 3.71. The molecule has 36 heavy (non-hydrogen) atoms. The number of amides is 1. The lowest BCUT2D eigenvalue weighted by Crippen LogP contribution is -2.48. The molecule has 1 amide bonds. The summed E-state index contributed by atoms with van der Waals surface area (Å²) in [4.78, 5) is 32.4. The number of nitrogens with one attached hydrogen (secondary N) is 1. The molecule has 3 aliphatic rings. The van der Waals surface area contributed by atoms with Crippen LogP contribution in [0.4, 0.5) is 26.3 Å². The molecule has 3 heterocycles. The van der Waals surface area contributed by atoms with Gasteiger partial charge in [-0.1, -0.05) is 0 Å². The minimum absolute atomic E-state index is 0.103. The van der Waals surface area contributed by atoms with Crippen molar-refractivity contribution in [1.29, 1.82) is 0 Å². The van der Waals surface area contributed by atoms with Crippen LogP contribution in [0.5, 0.6) is 0 Å². The zero-order chi connectivity index (χ0) is 27.3. The van der Waals surface area contributed by atoms with E-state index >= 15 is 0 Å². The smallest absolute Gasteiger partial charge is 0.475 e. The SMILES string of the molecule is Cn1cc(CN2CC[C@H]3O[C@@H](C(=O)NC4CC4)CC[C@H]32)cn1.O=C(O)C(F)(F)F.O=C(O)C(F)(F)F. The Kier molecular flexibility index (Phi) is 9.70. The number of carboxylic acid groups (broad SMARTS) is 2. The Hall–Kier alpha value is -2.88. The molecule has 204 valence electrons. The predicted molar refractivity (Wildman–Crippen MR) is 108 cm³/mol. The number of halogens is 6. The van der Waals surface area contributed by atoms with E-state index in [1.807, 2.05) is 17.9 Å². The molecule has 4 rings (SSSR count). The molecule has 1 aromatic heterocycles. The van der Waals surface area contributed by atoms with Gasteiger partial charge in [0.15, 0.2) is 0 Å². The van der Waals surface area contributed by atoms with E-state index in [9.17, 15) is 31.1 Å². The standard InChI is InChI=1S/C16H24N4O2.2C2HF3O2/c1-19-9-11(8-17-19)10-20-7-6-14-13(20)4-5-15(22-14)16(21)18-12-2-3-12;2*3-2(4,5)1(6)7/h8-9,12-15H,2-7,10H2,1H3,(H,18,21);2*(H,6,7)/t13-,14-,15-;;/m1../s1. The number of hydrogen-bond donors (Lipinski definition) is 3. The van der Waals surface area contributed by atoms with Crippen molar-refractivity contribution >= 4 is 17.8 Å². The van der Waals surface area contributed by atoms with Crippen molar-refractivity contribution in [3.63, 3.8) is 0 Å². The first-order valence-corrected chi connectivity index (χ1v) is 10.9. The zero-order valence-corrected chi connectivity index (χ0v) is 19.1. The van der Waals surface area contributed by atoms with Crippen molar-refractivity contribution in [1.82, 2.24) is 20.0 Å². The summed E-state index contributed by atoms with van der Waals surface area (Å²) in [5.41, 5.74) is 1.25. The number of alkyl halides is 6. The second-order valence-electron chi connectivity index (χ2n) is 8.48. The van der Waals surface area contributed by atoms with Crippen LogP contribution in [-0.4, -0.2) is 85.9 Å². The summed E-state index contributed by atoms with van der Waals surface area (Å²) in [6.07, 6.45) is -1.02. The van der Waals surface area contributed by atoms with E-state index in [0.29, 0.717) is 12.1 Å². The van der Waals surface area contributed by atoms with Crippen LogP contribution in [0.2, 0.25) is 0 Å². The molecule has 1 aromatic rings. The van der Waals surface area contributed by atoms with E-state index < -0.39 is 24.3 Å². The van der Waals surface area contributed by atoms with Crippen LogP contribution >= 0.6 is 0 Å². The third-order valence-electron chi connectivity index (χ3n) is 5.51. The Morgan fingerprint density at radius 1 is 1.03 bits per heavy atom. The van der Waals surface area contributed by atoms with Crippen molar-refractivity contribution in [3.05, 3.63) is 18.0 Å². The highest BCUT2D eigenvalue weighted by molar-refractivity contribution is 5.81. The van der Waals surface area contributed by atoms with Gasteiger partial charge in [-0.25, -0.2) is 9.59 Å². The summed E-state index contributed by atoms with van der Waals surface area (Å²) in [6, 6.07) is 0.865. The number of rotatable bonds is 4. The first-order chi connectivity index (χ1) is 16.6. The average Bonchev–Trinajstić information content (AvgIpc) is 3.35. The lowest BCUT2D eigenvalue weighted by molar-refractivity contribution is -0.193. The van der Waals surface area contributed by atoms with E-state index in [1.54, 1.807) is 0 Å². The lowest BCUT2D eigenvalue weighted by atomic mass is 9.98. The van der Waals surface area contributed by atoms with E-state index in [2.05, 4.69) is 21.5 Å². The van der Waals surface area contributed by atoms with Crippen LogP contribution in [0.1, 0.15) is 37.7 Å². The van der Waals surface area contributed by atoms with Gasteiger partial charge >= 0.3 is 24.3 Å². The molecule has 3 atom stereocenters. The van der Waals surface area contributed by atoms with Gasteiger partial charge in [-0.05, 0) is 32.1 Å². The Labute approximate surface area is 201 Å². The fraction of sp³-hybridized carbons (Fsp3) is 0.700. The molecular formula is C20H26F6N4O6. The normalized spacial score (nSPS) is 23.9. The molecule has 1 saturated carbocycles. The molecule has 3 N–H and O–H groups in total. The number of hydrogen-bond acceptors (Lipinski definition) is 6. The first kappa shape index (κ1) is 29.4. The van der Waals surface area contributed by atoms with Crippen molar-refractivity contribution in [2.24, 2.45) is 7.05 Å². The number of ether oxygens (including phenoxy) is 1. The summed E-state index contributed by atoms with van der Waals surface area (Å²) in [7, 11) is 1.95. The number of carboxylic acids is 2. The van der Waals surface area contributed by atoms with Gasteiger partial charge in [0.2, 0.25) is 5.91 Å². The molecular weight excluding hydrogens is 506 g/mol. The number of carbonyl (C=O) groups is 3. The van der Waals surface area contributed by atoms with Gasteiger partial charge in [0.05, 0.1) is 12.3 Å². The number of likely N-dealkylation sites (tertiary alicyclic amines) is 1. The minimum atomic E-state index is -5.08. The van der Waals surface area contributed by atoms with Gasteiger partial charge in [0, 0.05) is 44.0 Å². The molecule has 10 nitrogen and oxygen atoms in total. The average molecular weight is 532 g/mol. The van der Waals surface area contributed by atoms with Crippen molar-refractivity contribution in [3.8, 4) is 0 Å². The number of nitrogens with zero attached hydrogens (tertiary/aromatic N) is 3. The molecule has 16 heteroatoms. The van der Waals surface area contributed by atoms with Crippen LogP contribution in [0.25, 0.3) is 0 Å². The van der Waals surface area contributed by atoms with Crippen LogP contribution in [0, 0.1) is 0 Å². The van der Waals surface area contributed by atoms with Crippen LogP contribution < -0.4 is 5.32 Å². The lowest BCUT2D eigenvalue weighted by Gasteiger charge is -2.35. The monoisotopic (exact) mass is 532 g/mol. The molecule has 0 aromatic carbocycles. The van der Waals surface area contributed by atoms with Gasteiger partial charge in [-0.3, -0.25) is 14.4 Å². The molecule has 0 unspecified atom stereocenters. The van der Waals surface area contributed by atoms with Crippen molar-refractivity contribution < 1.29 is 55.7 Å². The third kappa shape index (κ3) is 9.29. The molecule has 3 fully saturated rings. The van der Waals surface area contributed by atoms with Crippen LogP contribution in [0.15, 0.2) is 12.4 Å². The maximum atomic E-state index is 12.2. The summed E-state index contributed by atoms with van der Waals surface area (Å²) >= 11 is 0. The second kappa shape index (κ2) is 11.9. The van der Waals surface area contributed by atoms with E-state index in [-0.39, 0.29) is 18.1 Å². The summed E-state index contributed by atoms with van der Waals surface area (Å²) in [5.74, 6) is -5.41. The number of aryl methyl sites for hydroxylation is 1. The van der Waals surface area contributed by atoms with Gasteiger partial charge in [-0.2, -0.15) is 31.4 Å². The third-order valence-corrected chi connectivity index (χ3v) is 5.51. The number of aromatic nitrogens is 2. The molecule has 0 radical (unpaired) electrons. The predicted octanol–water partition coefficient (Wildman–Crippen LogP) is 2.09. The highest BCUT2D eigenvalue weighted by Crippen LogP contribution is 2.33. The topological polar surface area (TPSA) is 134 Å². The number of fused-ring (bicyclic) bond motifs is 1. The van der Waals surface area contributed by atoms with E-state index in [1.165, 1.54) is 5.56 Å². The molecule has 2 aliphatic heterocycles. The fourth-order valence-electron chi connectivity index (χ4n) is 3.71. The minimum Gasteiger partial charge on any atom is -0.475 e. The zero-order valence-electron chi connectivity index (χ0n) is 19.1. The highest BCUT2D eigenvalue weighted by atomic mass is 19.4. The first-order valence-electron chi connectivity index (χ1n) is 10.9. The quantitative estimate of drug-likeness (QED) is 0.502. The maximum Gasteiger partial charge on any atom is 0.490 e. The Balaban J connectivity index is 0.000000271. The van der Waals surface area contributed by atoms with Gasteiger partial charge in [0.1, 0.15) is 6.10 Å². The number of carbonyl (C=O) groups excluding carboxylic acids is 1. The molecule has 0 bridgehead atoms. The Bertz CT molecular complexity index is 893. The van der Waals surface area contributed by atoms with E-state index in [0.717, 1.165) is 45.2 Å². The summed E-state index contributed by atoms with van der Waals surface area (Å²) < 4.78 is 71.4. The number of aliphatic carboxylic acids is 2. The maximum absolute atomic E-state index is 12.2. The highest BCUT2D eigenvalue weighted by Gasteiger charge is 2.42. The van der Waals surface area contributed by atoms with Gasteiger partial charge in [0.25, 0.3) is 0 Å². The van der Waals surface area contributed by atoms with Gasteiger partial charge < -0.3 is 20.3 Å². The second-order valence-corrected chi connectivity index (χ2v) is 8.48. The van der Waals surface area contributed by atoms with Crippen LogP contribution in [0.3, 0.4) is 0 Å². The largest absolute Gasteiger partial charge is 0.490 e. The van der Waals surface area contributed by atoms with Crippen molar-refractivity contribution in [2.45, 2.75) is 75.3 Å². The van der Waals surface area contributed by atoms with Crippen molar-refractivity contribution in [2.75, 3.05) is 6.54 Å². The molecule has 2 saturated heterocycles. The van der Waals surface area contributed by atoms with Crippen LogP contribution in [-0.2, 0) is 32.7 Å². The molecule has 0 spiro atoms. The Morgan fingerprint density at radius 2 is 1.58 bits per heavy atom. The Morgan fingerprint density at radius 3 is 2.03 bits per heavy atom. The summed E-state index contributed by atoms with van der Waals surface area (Å²) in [5, 5.41) is 21.6. The van der Waals surface area contributed by atoms with Gasteiger partial charge in [-0.15, -0.1) is 0 Å².